The van der Waals surface area contributed by atoms with Crippen molar-refractivity contribution in [2.45, 2.75) is 57.4 Å². The summed E-state index contributed by atoms with van der Waals surface area (Å²) < 4.78 is 25.8. The average molecular weight is 508 g/mol. The average Bonchev–Trinajstić information content (AvgIpc) is 3.61. The lowest BCUT2D eigenvalue weighted by Gasteiger charge is -2.27. The Bertz CT molecular complexity index is 1130. The van der Waals surface area contributed by atoms with Crippen LogP contribution in [-0.4, -0.2) is 62.8 Å². The molecule has 0 bridgehead atoms. The Labute approximate surface area is 219 Å². The summed E-state index contributed by atoms with van der Waals surface area (Å²) in [5.74, 6) is 0.346. The van der Waals surface area contributed by atoms with E-state index in [0.717, 1.165) is 44.7 Å². The van der Waals surface area contributed by atoms with Gasteiger partial charge in [0.15, 0.2) is 17.3 Å². The molecule has 1 aliphatic carbocycles. The van der Waals surface area contributed by atoms with Crippen molar-refractivity contribution in [2.24, 2.45) is 5.92 Å². The number of carbonyl (C=O) groups is 1. The maximum Gasteiger partial charge on any atom is 0.225 e. The van der Waals surface area contributed by atoms with E-state index in [-0.39, 0.29) is 23.6 Å². The monoisotopic (exact) mass is 507 g/mol. The third kappa shape index (κ3) is 5.57. The van der Waals surface area contributed by atoms with Crippen LogP contribution in [0.4, 0.5) is 10.1 Å². The number of likely N-dealkylation sites (tertiary alicyclic amines) is 1. The summed E-state index contributed by atoms with van der Waals surface area (Å²) in [6.45, 7) is 5.33. The summed E-state index contributed by atoms with van der Waals surface area (Å²) in [6, 6.07) is 10.2. The van der Waals surface area contributed by atoms with Crippen LogP contribution in [-0.2, 0) is 24.1 Å². The van der Waals surface area contributed by atoms with Crippen LogP contribution in [0.15, 0.2) is 30.3 Å². The highest BCUT2D eigenvalue weighted by atomic mass is 19.1. The molecule has 2 aromatic carbocycles. The lowest BCUT2D eigenvalue weighted by Crippen LogP contribution is -2.47. The predicted octanol–water partition coefficient (Wildman–Crippen LogP) is 4.13. The van der Waals surface area contributed by atoms with Gasteiger partial charge in [-0.1, -0.05) is 6.07 Å². The summed E-state index contributed by atoms with van der Waals surface area (Å²) in [6.07, 6.45) is 8.72. The second kappa shape index (κ2) is 10.9. The fourth-order valence-corrected chi connectivity index (χ4v) is 6.45. The summed E-state index contributed by atoms with van der Waals surface area (Å²) in [5.41, 5.74) is 5.04. The smallest absolute Gasteiger partial charge is 0.225 e. The Morgan fingerprint density at radius 2 is 1.81 bits per heavy atom. The Hall–Kier alpha value is -2.80. The van der Waals surface area contributed by atoms with Gasteiger partial charge < -0.3 is 24.6 Å². The summed E-state index contributed by atoms with van der Waals surface area (Å²) in [7, 11) is 0. The molecular formula is C30H38FN3O3. The van der Waals surface area contributed by atoms with E-state index in [1.54, 1.807) is 0 Å². The molecule has 1 amide bonds. The highest BCUT2D eigenvalue weighted by molar-refractivity contribution is 5.80. The number of hydrogen-bond acceptors (Lipinski definition) is 5. The van der Waals surface area contributed by atoms with Gasteiger partial charge in [0.25, 0.3) is 0 Å². The van der Waals surface area contributed by atoms with Gasteiger partial charge in [-0.15, -0.1) is 0 Å². The lowest BCUT2D eigenvalue weighted by atomic mass is 9.91. The maximum atomic E-state index is 14.7. The van der Waals surface area contributed by atoms with Gasteiger partial charge in [0.05, 0.1) is 5.92 Å². The van der Waals surface area contributed by atoms with Gasteiger partial charge >= 0.3 is 0 Å². The van der Waals surface area contributed by atoms with Gasteiger partial charge in [-0.2, -0.15) is 0 Å². The molecule has 3 aliphatic heterocycles. The fraction of sp³-hybridized carbons (Fsp3) is 0.567. The van der Waals surface area contributed by atoms with Crippen molar-refractivity contribution in [1.82, 2.24) is 10.2 Å². The van der Waals surface area contributed by atoms with E-state index in [1.165, 1.54) is 61.4 Å². The SMILES string of the molecule is O=C(NC(Cc1cc(F)c2c(c1)OCCO2)CN1CCCC1)C1CCN(c2ccc3c(c2)CCCC3)C1. The highest BCUT2D eigenvalue weighted by Gasteiger charge is 2.31. The van der Waals surface area contributed by atoms with Crippen LogP contribution in [0, 0.1) is 11.7 Å². The van der Waals surface area contributed by atoms with Crippen LogP contribution >= 0.6 is 0 Å². The first-order valence-corrected chi connectivity index (χ1v) is 14.1. The zero-order valence-electron chi connectivity index (χ0n) is 21.6. The first-order chi connectivity index (χ1) is 18.1. The van der Waals surface area contributed by atoms with Gasteiger partial charge in [-0.05, 0) is 105 Å². The van der Waals surface area contributed by atoms with Crippen molar-refractivity contribution >= 4 is 11.6 Å². The first kappa shape index (κ1) is 24.5. The number of ether oxygens (including phenoxy) is 2. The molecule has 2 aromatic rings. The van der Waals surface area contributed by atoms with Gasteiger partial charge in [-0.25, -0.2) is 4.39 Å². The molecule has 2 fully saturated rings. The molecule has 7 heteroatoms. The normalized spacial score (nSPS) is 22.1. The number of aryl methyl sites for hydroxylation is 2. The van der Waals surface area contributed by atoms with E-state index >= 15 is 0 Å². The van der Waals surface area contributed by atoms with Crippen LogP contribution in [0.1, 0.15) is 48.8 Å². The zero-order valence-corrected chi connectivity index (χ0v) is 21.6. The molecule has 37 heavy (non-hydrogen) atoms. The Morgan fingerprint density at radius 1 is 1.00 bits per heavy atom. The molecule has 0 radical (unpaired) electrons. The summed E-state index contributed by atoms with van der Waals surface area (Å²) >= 11 is 0. The largest absolute Gasteiger partial charge is 0.486 e. The van der Waals surface area contributed by atoms with Gasteiger partial charge in [-0.3, -0.25) is 4.79 Å². The van der Waals surface area contributed by atoms with E-state index in [0.29, 0.717) is 25.4 Å². The second-order valence-corrected chi connectivity index (χ2v) is 11.1. The molecule has 0 saturated carbocycles. The number of fused-ring (bicyclic) bond motifs is 2. The number of nitrogens with one attached hydrogen (secondary N) is 1. The van der Waals surface area contributed by atoms with Gasteiger partial charge in [0, 0.05) is 31.4 Å². The van der Waals surface area contributed by atoms with Crippen molar-refractivity contribution in [3.05, 3.63) is 52.8 Å². The highest BCUT2D eigenvalue weighted by Crippen LogP contribution is 2.35. The molecule has 0 spiro atoms. The number of nitrogens with zero attached hydrogens (tertiary/aromatic N) is 2. The number of hydrogen-bond donors (Lipinski definition) is 1. The van der Waals surface area contributed by atoms with Crippen molar-refractivity contribution < 1.29 is 18.7 Å². The minimum atomic E-state index is -0.394. The minimum absolute atomic E-state index is 0.0332. The number of amides is 1. The second-order valence-electron chi connectivity index (χ2n) is 11.1. The lowest BCUT2D eigenvalue weighted by molar-refractivity contribution is -0.125. The molecule has 6 rings (SSSR count). The Morgan fingerprint density at radius 3 is 2.68 bits per heavy atom. The molecule has 2 saturated heterocycles. The minimum Gasteiger partial charge on any atom is -0.486 e. The van der Waals surface area contributed by atoms with Crippen LogP contribution in [0.25, 0.3) is 0 Å². The Kier molecular flexibility index (Phi) is 7.23. The summed E-state index contributed by atoms with van der Waals surface area (Å²) in [4.78, 5) is 18.2. The molecule has 2 unspecified atom stereocenters. The van der Waals surface area contributed by atoms with E-state index in [4.69, 9.17) is 9.47 Å². The van der Waals surface area contributed by atoms with Crippen LogP contribution in [0.2, 0.25) is 0 Å². The predicted molar refractivity (Wildman–Crippen MR) is 142 cm³/mol. The molecule has 0 aromatic heterocycles. The van der Waals surface area contributed by atoms with Crippen LogP contribution in [0.3, 0.4) is 0 Å². The van der Waals surface area contributed by atoms with Crippen molar-refractivity contribution in [2.75, 3.05) is 50.8 Å². The van der Waals surface area contributed by atoms with Crippen molar-refractivity contribution in [3.63, 3.8) is 0 Å². The van der Waals surface area contributed by atoms with Gasteiger partial charge in [0.1, 0.15) is 13.2 Å². The van der Waals surface area contributed by atoms with Crippen LogP contribution in [0.5, 0.6) is 11.5 Å². The number of halogens is 1. The van der Waals surface area contributed by atoms with E-state index in [9.17, 15) is 9.18 Å². The van der Waals surface area contributed by atoms with Crippen molar-refractivity contribution in [3.8, 4) is 11.5 Å². The van der Waals surface area contributed by atoms with Gasteiger partial charge in [0.2, 0.25) is 5.91 Å². The standard InChI is InChI=1S/C30H38FN3O3/c31-27-16-21(17-28-29(27)37-14-13-36-28)15-25(20-33-10-3-4-11-33)32-30(35)24-9-12-34(19-24)26-8-7-22-5-1-2-6-23(22)18-26/h7-8,16-18,24-25H,1-6,9-15,19-20H2,(H,32,35). The number of benzene rings is 2. The number of carbonyl (C=O) groups excluding carboxylic acids is 1. The third-order valence-corrected chi connectivity index (χ3v) is 8.42. The fourth-order valence-electron chi connectivity index (χ4n) is 6.45. The molecule has 6 nitrogen and oxygen atoms in total. The van der Waals surface area contributed by atoms with Crippen molar-refractivity contribution in [1.29, 1.82) is 0 Å². The molecule has 2 atom stereocenters. The molecular weight excluding hydrogens is 469 g/mol. The van der Waals surface area contributed by atoms with E-state index in [2.05, 4.69) is 33.3 Å². The number of rotatable bonds is 7. The summed E-state index contributed by atoms with van der Waals surface area (Å²) in [5, 5.41) is 3.35. The third-order valence-electron chi connectivity index (χ3n) is 8.42. The maximum absolute atomic E-state index is 14.7. The molecule has 4 aliphatic rings. The van der Waals surface area contributed by atoms with Crippen LogP contribution < -0.4 is 19.7 Å². The number of anilines is 1. The topological polar surface area (TPSA) is 54.0 Å². The van der Waals surface area contributed by atoms with E-state index in [1.807, 2.05) is 6.07 Å². The first-order valence-electron chi connectivity index (χ1n) is 14.1. The molecule has 198 valence electrons. The Balaban J connectivity index is 1.12. The zero-order chi connectivity index (χ0) is 25.2. The van der Waals surface area contributed by atoms with E-state index < -0.39 is 5.82 Å². The molecule has 1 N–H and O–H groups in total. The quantitative estimate of drug-likeness (QED) is 0.611. The molecule has 3 heterocycles.